The summed E-state index contributed by atoms with van der Waals surface area (Å²) in [7, 11) is -0.0389. The molecule has 0 saturated heterocycles. The van der Waals surface area contributed by atoms with Gasteiger partial charge in [-0.25, -0.2) is 8.42 Å². The van der Waals surface area contributed by atoms with Gasteiger partial charge in [0.25, 0.3) is 0 Å². The minimum Gasteiger partial charge on any atom is -0.380 e. The maximum absolute atomic E-state index is 12.4. The van der Waals surface area contributed by atoms with Gasteiger partial charge in [0.1, 0.15) is 0 Å². The van der Waals surface area contributed by atoms with E-state index in [-0.39, 0.29) is 6.04 Å². The van der Waals surface area contributed by atoms with Crippen LogP contribution in [0.15, 0.2) is 29.2 Å². The first-order valence-electron chi connectivity index (χ1n) is 6.74. The van der Waals surface area contributed by atoms with Crippen molar-refractivity contribution < 1.29 is 13.2 Å². The van der Waals surface area contributed by atoms with Gasteiger partial charge in [-0.3, -0.25) is 0 Å². The number of hydrogen-bond donors (Lipinski definition) is 1. The number of sulfonamides is 1. The van der Waals surface area contributed by atoms with E-state index in [1.807, 2.05) is 27.0 Å². The Bertz CT molecular complexity index is 517. The maximum atomic E-state index is 12.4. The molecule has 6 heteroatoms. The Labute approximate surface area is 122 Å². The number of nitrogens with zero attached hydrogens (tertiary/aromatic N) is 1. The number of likely N-dealkylation sites (N-methyl/N-ethyl adjacent to an activating group) is 1. The Morgan fingerprint density at radius 2 is 2.10 bits per heavy atom. The van der Waals surface area contributed by atoms with Gasteiger partial charge >= 0.3 is 0 Å². The molecule has 1 rings (SSSR count). The summed E-state index contributed by atoms with van der Waals surface area (Å²) in [5.41, 5.74) is 0.951. The highest BCUT2D eigenvalue weighted by molar-refractivity contribution is 7.89. The van der Waals surface area contributed by atoms with Crippen LogP contribution in [0.1, 0.15) is 25.5 Å². The Balaban J connectivity index is 2.91. The molecule has 0 aliphatic carbocycles. The van der Waals surface area contributed by atoms with E-state index in [1.165, 1.54) is 4.31 Å². The van der Waals surface area contributed by atoms with Crippen LogP contribution in [0, 0.1) is 0 Å². The lowest BCUT2D eigenvalue weighted by molar-refractivity contribution is 0.138. The highest BCUT2D eigenvalue weighted by Crippen LogP contribution is 2.19. The normalized spacial score (nSPS) is 13.7. The van der Waals surface area contributed by atoms with E-state index in [0.29, 0.717) is 24.7 Å². The summed E-state index contributed by atoms with van der Waals surface area (Å²) in [4.78, 5) is 0.316. The Kier molecular flexibility index (Phi) is 6.61. The average Bonchev–Trinajstić information content (AvgIpc) is 2.46. The maximum Gasteiger partial charge on any atom is 0.242 e. The zero-order valence-electron chi connectivity index (χ0n) is 12.6. The van der Waals surface area contributed by atoms with Crippen LogP contribution < -0.4 is 5.32 Å². The van der Waals surface area contributed by atoms with Gasteiger partial charge < -0.3 is 10.1 Å². The molecule has 0 saturated carbocycles. The van der Waals surface area contributed by atoms with Gasteiger partial charge in [0, 0.05) is 26.2 Å². The molecule has 0 aliphatic heterocycles. The van der Waals surface area contributed by atoms with Gasteiger partial charge in [0.05, 0.1) is 11.5 Å². The van der Waals surface area contributed by atoms with Gasteiger partial charge in [-0.05, 0) is 38.6 Å². The summed E-state index contributed by atoms with van der Waals surface area (Å²) in [6.45, 7) is 5.21. The topological polar surface area (TPSA) is 58.6 Å². The van der Waals surface area contributed by atoms with Crippen molar-refractivity contribution in [1.29, 1.82) is 0 Å². The molecule has 0 heterocycles. The van der Waals surface area contributed by atoms with E-state index in [2.05, 4.69) is 5.32 Å². The molecule has 1 N–H and O–H groups in total. The fraction of sp³-hybridized carbons (Fsp3) is 0.571. The molecule has 5 nitrogen and oxygen atoms in total. The summed E-state index contributed by atoms with van der Waals surface area (Å²) < 4.78 is 31.4. The first-order chi connectivity index (χ1) is 9.43. The SMILES string of the molecule is CCOCCN(C)S(=O)(=O)c1cccc(C(C)NC)c1. The number of benzene rings is 1. The Morgan fingerprint density at radius 3 is 2.70 bits per heavy atom. The average molecular weight is 300 g/mol. The van der Waals surface area contributed by atoms with Crippen molar-refractivity contribution >= 4 is 10.0 Å². The molecule has 1 aromatic carbocycles. The second-order valence-corrected chi connectivity index (χ2v) is 6.65. The molecule has 0 bridgehead atoms. The van der Waals surface area contributed by atoms with E-state index in [1.54, 1.807) is 25.2 Å². The van der Waals surface area contributed by atoms with Crippen LogP contribution in [0.2, 0.25) is 0 Å². The molecular formula is C14H24N2O3S. The van der Waals surface area contributed by atoms with E-state index in [0.717, 1.165) is 5.56 Å². The van der Waals surface area contributed by atoms with Crippen LogP contribution in [0.5, 0.6) is 0 Å². The molecule has 1 atom stereocenters. The molecule has 1 aromatic rings. The van der Waals surface area contributed by atoms with Crippen molar-refractivity contribution in [1.82, 2.24) is 9.62 Å². The van der Waals surface area contributed by atoms with Crippen LogP contribution in [-0.4, -0.2) is 46.6 Å². The summed E-state index contributed by atoms with van der Waals surface area (Å²) in [6.07, 6.45) is 0. The van der Waals surface area contributed by atoms with Gasteiger partial charge in [0.15, 0.2) is 0 Å². The minimum atomic E-state index is -3.46. The lowest BCUT2D eigenvalue weighted by Crippen LogP contribution is -2.30. The van der Waals surface area contributed by atoms with Crippen molar-refractivity contribution in [3.05, 3.63) is 29.8 Å². The van der Waals surface area contributed by atoms with Crippen molar-refractivity contribution in [2.24, 2.45) is 0 Å². The predicted octanol–water partition coefficient (Wildman–Crippen LogP) is 1.62. The summed E-state index contributed by atoms with van der Waals surface area (Å²) in [6, 6.07) is 7.14. The third kappa shape index (κ3) is 4.28. The second-order valence-electron chi connectivity index (χ2n) is 4.61. The first-order valence-corrected chi connectivity index (χ1v) is 8.18. The smallest absolute Gasteiger partial charge is 0.242 e. The molecule has 0 amide bonds. The molecule has 0 spiro atoms. The second kappa shape index (κ2) is 7.73. The Morgan fingerprint density at radius 1 is 1.40 bits per heavy atom. The molecule has 0 aromatic heterocycles. The van der Waals surface area contributed by atoms with Crippen LogP contribution in [0.4, 0.5) is 0 Å². The van der Waals surface area contributed by atoms with Crippen molar-refractivity contribution in [3.63, 3.8) is 0 Å². The predicted molar refractivity (Wildman–Crippen MR) is 80.2 cm³/mol. The highest BCUT2D eigenvalue weighted by atomic mass is 32.2. The molecule has 1 unspecified atom stereocenters. The van der Waals surface area contributed by atoms with Crippen LogP contribution in [-0.2, 0) is 14.8 Å². The molecule has 114 valence electrons. The quantitative estimate of drug-likeness (QED) is 0.741. The summed E-state index contributed by atoms with van der Waals surface area (Å²) in [5.74, 6) is 0. The van der Waals surface area contributed by atoms with E-state index in [9.17, 15) is 8.42 Å². The van der Waals surface area contributed by atoms with Crippen LogP contribution in [0.3, 0.4) is 0 Å². The lowest BCUT2D eigenvalue weighted by atomic mass is 10.1. The number of ether oxygens (including phenoxy) is 1. The molecule has 0 radical (unpaired) electrons. The lowest BCUT2D eigenvalue weighted by Gasteiger charge is -2.18. The third-order valence-electron chi connectivity index (χ3n) is 3.25. The van der Waals surface area contributed by atoms with Crippen molar-refractivity contribution in [3.8, 4) is 0 Å². The van der Waals surface area contributed by atoms with Crippen LogP contribution in [0.25, 0.3) is 0 Å². The van der Waals surface area contributed by atoms with Crippen LogP contribution >= 0.6 is 0 Å². The minimum absolute atomic E-state index is 0.110. The van der Waals surface area contributed by atoms with Gasteiger partial charge in [-0.2, -0.15) is 4.31 Å². The standard InChI is InChI=1S/C14H24N2O3S/c1-5-19-10-9-16(4)20(17,18)14-8-6-7-13(11-14)12(2)15-3/h6-8,11-12,15H,5,9-10H2,1-4H3. The zero-order valence-corrected chi connectivity index (χ0v) is 13.4. The molecule has 0 aliphatic rings. The van der Waals surface area contributed by atoms with E-state index >= 15 is 0 Å². The summed E-state index contributed by atoms with van der Waals surface area (Å²) in [5, 5.41) is 3.10. The van der Waals surface area contributed by atoms with Crippen molar-refractivity contribution in [2.75, 3.05) is 33.9 Å². The third-order valence-corrected chi connectivity index (χ3v) is 5.11. The molecule has 0 fully saturated rings. The molecule has 20 heavy (non-hydrogen) atoms. The number of hydrogen-bond acceptors (Lipinski definition) is 4. The van der Waals surface area contributed by atoms with Gasteiger partial charge in [-0.15, -0.1) is 0 Å². The van der Waals surface area contributed by atoms with E-state index < -0.39 is 10.0 Å². The Hall–Kier alpha value is -0.950. The van der Waals surface area contributed by atoms with Crippen molar-refractivity contribution in [2.45, 2.75) is 24.8 Å². The first kappa shape index (κ1) is 17.1. The fourth-order valence-corrected chi connectivity index (χ4v) is 2.96. The van der Waals surface area contributed by atoms with E-state index in [4.69, 9.17) is 4.74 Å². The molecular weight excluding hydrogens is 276 g/mol. The van der Waals surface area contributed by atoms with Gasteiger partial charge in [0.2, 0.25) is 10.0 Å². The number of nitrogens with one attached hydrogen (secondary N) is 1. The van der Waals surface area contributed by atoms with Gasteiger partial charge in [-0.1, -0.05) is 12.1 Å². The monoisotopic (exact) mass is 300 g/mol. The zero-order chi connectivity index (χ0) is 15.2. The highest BCUT2D eigenvalue weighted by Gasteiger charge is 2.21. The summed E-state index contributed by atoms with van der Waals surface area (Å²) >= 11 is 0. The largest absolute Gasteiger partial charge is 0.380 e. The number of rotatable bonds is 8. The fourth-order valence-electron chi connectivity index (χ4n) is 1.75.